The van der Waals surface area contributed by atoms with Gasteiger partial charge in [-0.3, -0.25) is 9.59 Å². The van der Waals surface area contributed by atoms with E-state index < -0.39 is 36.1 Å². The van der Waals surface area contributed by atoms with Crippen molar-refractivity contribution in [2.75, 3.05) is 46.1 Å². The molecular formula is C37H48N4O7. The summed E-state index contributed by atoms with van der Waals surface area (Å²) in [7, 11) is 0. The Balaban J connectivity index is 1.37. The minimum Gasteiger partial charge on any atom is -0.449 e. The summed E-state index contributed by atoms with van der Waals surface area (Å²) in [4.78, 5) is 39.7. The van der Waals surface area contributed by atoms with Crippen LogP contribution in [0.15, 0.2) is 78.9 Å². The SMILES string of the molecule is CC(C)C[C@@H](NC(=O)[C@H](O)[C@H](Cc1ccccc1)NC(=O)OCC1c2ccccc2-c2ccccc21)C(=O)NCCOCCOCCN. The fourth-order valence-electron chi connectivity index (χ4n) is 5.82. The van der Waals surface area contributed by atoms with E-state index in [0.717, 1.165) is 27.8 Å². The van der Waals surface area contributed by atoms with E-state index >= 15 is 0 Å². The molecule has 0 aliphatic heterocycles. The van der Waals surface area contributed by atoms with Gasteiger partial charge in [-0.2, -0.15) is 0 Å². The fraction of sp³-hybridized carbons (Fsp3) is 0.432. The maximum Gasteiger partial charge on any atom is 0.407 e. The summed E-state index contributed by atoms with van der Waals surface area (Å²) < 4.78 is 16.4. The number of carbonyl (C=O) groups is 3. The number of rotatable bonds is 19. The molecule has 0 heterocycles. The van der Waals surface area contributed by atoms with Crippen molar-refractivity contribution < 1.29 is 33.7 Å². The van der Waals surface area contributed by atoms with Crippen molar-refractivity contribution in [3.8, 4) is 11.1 Å². The molecule has 0 saturated heterocycles. The van der Waals surface area contributed by atoms with Gasteiger partial charge in [-0.1, -0.05) is 92.7 Å². The van der Waals surface area contributed by atoms with Crippen LogP contribution in [0.5, 0.6) is 0 Å². The molecule has 3 aromatic carbocycles. The molecule has 258 valence electrons. The molecule has 3 amide bonds. The summed E-state index contributed by atoms with van der Waals surface area (Å²) in [5.74, 6) is -1.23. The van der Waals surface area contributed by atoms with Crippen LogP contribution in [0.2, 0.25) is 0 Å². The molecule has 3 atom stereocenters. The van der Waals surface area contributed by atoms with Crippen LogP contribution in [0.25, 0.3) is 11.1 Å². The summed E-state index contributed by atoms with van der Waals surface area (Å²) in [6.07, 6.45) is -1.91. The molecule has 0 fully saturated rings. The number of nitrogens with two attached hydrogens (primary N) is 1. The molecule has 0 spiro atoms. The standard InChI is InChI=1S/C37H48N4O7/c1-25(2)22-33(35(43)39-17-19-47-21-20-46-18-16-38)40-36(44)34(42)32(23-26-10-4-3-5-11-26)41-37(45)48-24-31-29-14-8-6-12-27(29)28-13-7-9-15-30(28)31/h3-15,25,31-34,42H,16-24,38H2,1-2H3,(H,39,43)(H,40,44)(H,41,45)/t32-,33+,34+/m0/s1. The molecule has 0 unspecified atom stereocenters. The van der Waals surface area contributed by atoms with E-state index in [-0.39, 0.29) is 38.0 Å². The molecule has 11 heteroatoms. The number of fused-ring (bicyclic) bond motifs is 3. The Morgan fingerprint density at radius 1 is 0.792 bits per heavy atom. The van der Waals surface area contributed by atoms with Crippen LogP contribution in [0.3, 0.4) is 0 Å². The number of alkyl carbamates (subject to hydrolysis) is 1. The van der Waals surface area contributed by atoms with Crippen LogP contribution in [-0.4, -0.2) is 87.3 Å². The normalized spacial score (nSPS) is 14.0. The second-order valence-electron chi connectivity index (χ2n) is 12.2. The Morgan fingerprint density at radius 2 is 1.40 bits per heavy atom. The van der Waals surface area contributed by atoms with Gasteiger partial charge < -0.3 is 41.0 Å². The Morgan fingerprint density at radius 3 is 2.02 bits per heavy atom. The topological polar surface area (TPSA) is 161 Å². The van der Waals surface area contributed by atoms with Gasteiger partial charge in [-0.15, -0.1) is 0 Å². The summed E-state index contributed by atoms with van der Waals surface area (Å²) in [5.41, 5.74) is 10.6. The monoisotopic (exact) mass is 660 g/mol. The van der Waals surface area contributed by atoms with E-state index in [9.17, 15) is 19.5 Å². The highest BCUT2D eigenvalue weighted by Crippen LogP contribution is 2.44. The second kappa shape index (κ2) is 18.9. The maximum absolute atomic E-state index is 13.4. The van der Waals surface area contributed by atoms with Gasteiger partial charge in [0.1, 0.15) is 12.6 Å². The first-order valence-corrected chi connectivity index (χ1v) is 16.6. The Labute approximate surface area is 282 Å². The Bertz CT molecular complexity index is 1420. The number of nitrogens with one attached hydrogen (secondary N) is 3. The third-order valence-corrected chi connectivity index (χ3v) is 8.12. The molecular weight excluding hydrogens is 612 g/mol. The molecule has 0 aromatic heterocycles. The highest BCUT2D eigenvalue weighted by molar-refractivity contribution is 5.90. The summed E-state index contributed by atoms with van der Waals surface area (Å²) in [5, 5.41) is 19.5. The van der Waals surface area contributed by atoms with Gasteiger partial charge in [0.15, 0.2) is 6.10 Å². The number of ether oxygens (including phenoxy) is 3. The first-order valence-electron chi connectivity index (χ1n) is 16.6. The quantitative estimate of drug-likeness (QED) is 0.123. The van der Waals surface area contributed by atoms with Gasteiger partial charge in [0.05, 0.1) is 32.5 Å². The molecule has 1 aliphatic carbocycles. The number of hydrogen-bond donors (Lipinski definition) is 5. The van der Waals surface area contributed by atoms with Crippen molar-refractivity contribution in [3.05, 3.63) is 95.6 Å². The van der Waals surface area contributed by atoms with Crippen molar-refractivity contribution in [1.82, 2.24) is 16.0 Å². The molecule has 6 N–H and O–H groups in total. The van der Waals surface area contributed by atoms with Crippen molar-refractivity contribution >= 4 is 17.9 Å². The summed E-state index contributed by atoms with van der Waals surface area (Å²) in [6, 6.07) is 23.4. The number of benzene rings is 3. The van der Waals surface area contributed by atoms with Crippen LogP contribution < -0.4 is 21.7 Å². The number of aliphatic hydroxyl groups excluding tert-OH is 1. The lowest BCUT2D eigenvalue weighted by atomic mass is 9.98. The minimum absolute atomic E-state index is 0.0770. The predicted molar refractivity (Wildman–Crippen MR) is 183 cm³/mol. The predicted octanol–water partition coefficient (Wildman–Crippen LogP) is 3.14. The minimum atomic E-state index is -1.66. The fourth-order valence-corrected chi connectivity index (χ4v) is 5.82. The van der Waals surface area contributed by atoms with E-state index in [4.69, 9.17) is 19.9 Å². The van der Waals surface area contributed by atoms with Crippen LogP contribution in [0.4, 0.5) is 4.79 Å². The first-order chi connectivity index (χ1) is 23.3. The molecule has 0 radical (unpaired) electrons. The molecule has 3 aromatic rings. The summed E-state index contributed by atoms with van der Waals surface area (Å²) >= 11 is 0. The molecule has 48 heavy (non-hydrogen) atoms. The second-order valence-corrected chi connectivity index (χ2v) is 12.2. The average Bonchev–Trinajstić information content (AvgIpc) is 3.41. The Kier molecular flexibility index (Phi) is 14.4. The molecule has 11 nitrogen and oxygen atoms in total. The number of amides is 3. The van der Waals surface area contributed by atoms with Crippen molar-refractivity contribution in [2.45, 2.75) is 50.8 Å². The number of carbonyl (C=O) groups excluding carboxylic acids is 3. The average molecular weight is 661 g/mol. The zero-order valence-corrected chi connectivity index (χ0v) is 27.7. The highest BCUT2D eigenvalue weighted by atomic mass is 16.5. The third-order valence-electron chi connectivity index (χ3n) is 8.12. The van der Waals surface area contributed by atoms with Crippen LogP contribution in [-0.2, 0) is 30.2 Å². The zero-order chi connectivity index (χ0) is 34.3. The molecule has 0 saturated carbocycles. The zero-order valence-electron chi connectivity index (χ0n) is 27.7. The van der Waals surface area contributed by atoms with Gasteiger partial charge >= 0.3 is 6.09 Å². The van der Waals surface area contributed by atoms with E-state index in [1.807, 2.05) is 80.6 Å². The van der Waals surface area contributed by atoms with Crippen LogP contribution >= 0.6 is 0 Å². The number of aliphatic hydroxyl groups is 1. The smallest absolute Gasteiger partial charge is 0.407 e. The largest absolute Gasteiger partial charge is 0.449 e. The van der Waals surface area contributed by atoms with Crippen LogP contribution in [0.1, 0.15) is 42.9 Å². The lowest BCUT2D eigenvalue weighted by Gasteiger charge is -2.26. The first kappa shape index (κ1) is 36.5. The lowest BCUT2D eigenvalue weighted by molar-refractivity contribution is -0.135. The van der Waals surface area contributed by atoms with Gasteiger partial charge in [0, 0.05) is 19.0 Å². The van der Waals surface area contributed by atoms with E-state index in [0.29, 0.717) is 32.8 Å². The van der Waals surface area contributed by atoms with Gasteiger partial charge in [0.25, 0.3) is 5.91 Å². The van der Waals surface area contributed by atoms with Crippen molar-refractivity contribution in [1.29, 1.82) is 0 Å². The van der Waals surface area contributed by atoms with E-state index in [2.05, 4.69) is 28.1 Å². The molecule has 4 rings (SSSR count). The summed E-state index contributed by atoms with van der Waals surface area (Å²) in [6.45, 7) is 6.13. The van der Waals surface area contributed by atoms with Crippen molar-refractivity contribution in [3.63, 3.8) is 0 Å². The van der Waals surface area contributed by atoms with Crippen molar-refractivity contribution in [2.24, 2.45) is 11.7 Å². The lowest BCUT2D eigenvalue weighted by Crippen LogP contribution is -2.56. The maximum atomic E-state index is 13.4. The van der Waals surface area contributed by atoms with E-state index in [1.54, 1.807) is 0 Å². The van der Waals surface area contributed by atoms with Gasteiger partial charge in [0.2, 0.25) is 5.91 Å². The third kappa shape index (κ3) is 10.6. The van der Waals surface area contributed by atoms with E-state index in [1.165, 1.54) is 0 Å². The highest BCUT2D eigenvalue weighted by Gasteiger charge is 2.33. The molecule has 1 aliphatic rings. The molecule has 0 bridgehead atoms. The van der Waals surface area contributed by atoms with Gasteiger partial charge in [-0.05, 0) is 46.6 Å². The van der Waals surface area contributed by atoms with Crippen LogP contribution in [0, 0.1) is 5.92 Å². The Hall–Kier alpha value is -4.29. The number of hydrogen-bond acceptors (Lipinski definition) is 8. The van der Waals surface area contributed by atoms with Gasteiger partial charge in [-0.25, -0.2) is 4.79 Å².